The molecule has 1 saturated carbocycles. The van der Waals surface area contributed by atoms with E-state index >= 15 is 0 Å². The molecule has 0 bridgehead atoms. The molecule has 2 fully saturated rings. The number of hydrogen-bond acceptors (Lipinski definition) is 4. The summed E-state index contributed by atoms with van der Waals surface area (Å²) in [6, 6.07) is 6.44. The highest BCUT2D eigenvalue weighted by Gasteiger charge is 2.27. The van der Waals surface area contributed by atoms with Crippen molar-refractivity contribution in [3.8, 4) is 0 Å². The molecular formula is C23H36N4O4S. The lowest BCUT2D eigenvalue weighted by atomic mass is 9.95. The summed E-state index contributed by atoms with van der Waals surface area (Å²) >= 11 is 0. The van der Waals surface area contributed by atoms with E-state index in [1.165, 1.54) is 35.7 Å². The number of rotatable bonds is 7. The number of carbonyl (C=O) groups excluding carboxylic acids is 2. The van der Waals surface area contributed by atoms with E-state index in [9.17, 15) is 18.0 Å². The van der Waals surface area contributed by atoms with Crippen molar-refractivity contribution in [3.63, 3.8) is 0 Å². The topological polar surface area (TPSA) is 98.8 Å². The minimum absolute atomic E-state index is 0.00372. The van der Waals surface area contributed by atoms with E-state index in [0.29, 0.717) is 44.6 Å². The van der Waals surface area contributed by atoms with Crippen LogP contribution in [0.5, 0.6) is 0 Å². The smallest absolute Gasteiger partial charge is 0.317 e. The molecule has 32 heavy (non-hydrogen) atoms. The number of nitrogens with zero attached hydrogens (tertiary/aromatic N) is 2. The Bertz CT molecular complexity index is 887. The van der Waals surface area contributed by atoms with E-state index in [1.54, 1.807) is 26.0 Å². The summed E-state index contributed by atoms with van der Waals surface area (Å²) in [6.07, 6.45) is 7.08. The third kappa shape index (κ3) is 6.01. The number of amides is 3. The fourth-order valence-electron chi connectivity index (χ4n) is 4.52. The first kappa shape index (κ1) is 24.5. The quantitative estimate of drug-likeness (QED) is 0.648. The Kier molecular flexibility index (Phi) is 8.53. The van der Waals surface area contributed by atoms with E-state index in [2.05, 4.69) is 10.6 Å². The number of urea groups is 1. The summed E-state index contributed by atoms with van der Waals surface area (Å²) in [5, 5.41) is 6.15. The summed E-state index contributed by atoms with van der Waals surface area (Å²) in [5.74, 6) is -0.285. The number of benzene rings is 1. The Labute approximate surface area is 191 Å². The molecule has 1 aliphatic heterocycles. The van der Waals surface area contributed by atoms with Crippen LogP contribution in [0.25, 0.3) is 0 Å². The number of likely N-dealkylation sites (tertiary alicyclic amines) is 1. The minimum Gasteiger partial charge on any atom is -0.349 e. The normalized spacial score (nSPS) is 18.5. The fourth-order valence-corrected chi connectivity index (χ4v) is 6.02. The summed E-state index contributed by atoms with van der Waals surface area (Å²) in [4.78, 5) is 27.2. The van der Waals surface area contributed by atoms with Crippen LogP contribution in [0.15, 0.2) is 29.2 Å². The van der Waals surface area contributed by atoms with Crippen LogP contribution >= 0.6 is 0 Å². The maximum Gasteiger partial charge on any atom is 0.317 e. The average Bonchev–Trinajstić information content (AvgIpc) is 2.81. The van der Waals surface area contributed by atoms with E-state index in [4.69, 9.17) is 0 Å². The van der Waals surface area contributed by atoms with Crippen molar-refractivity contribution in [2.75, 3.05) is 26.2 Å². The molecule has 0 atom stereocenters. The molecule has 9 heteroatoms. The van der Waals surface area contributed by atoms with Gasteiger partial charge in [0.15, 0.2) is 0 Å². The number of hydrogen-bond donors (Lipinski definition) is 2. The van der Waals surface area contributed by atoms with Crippen molar-refractivity contribution in [2.45, 2.75) is 75.8 Å². The molecule has 1 heterocycles. The molecule has 8 nitrogen and oxygen atoms in total. The van der Waals surface area contributed by atoms with Gasteiger partial charge in [-0.2, -0.15) is 4.31 Å². The van der Waals surface area contributed by atoms with Gasteiger partial charge in [-0.05, 0) is 43.9 Å². The van der Waals surface area contributed by atoms with Crippen LogP contribution in [0.3, 0.4) is 0 Å². The minimum atomic E-state index is -3.62. The van der Waals surface area contributed by atoms with Crippen molar-refractivity contribution in [3.05, 3.63) is 29.8 Å². The van der Waals surface area contributed by atoms with Gasteiger partial charge in [0.1, 0.15) is 0 Å². The first-order chi connectivity index (χ1) is 15.3. The molecule has 3 amide bonds. The lowest BCUT2D eigenvalue weighted by Crippen LogP contribution is -2.51. The molecule has 1 aromatic rings. The molecule has 2 N–H and O–H groups in total. The Morgan fingerprint density at radius 3 is 2.22 bits per heavy atom. The Balaban J connectivity index is 1.53. The molecule has 1 aliphatic carbocycles. The van der Waals surface area contributed by atoms with Gasteiger partial charge in [-0.15, -0.1) is 0 Å². The average molecular weight is 465 g/mol. The highest BCUT2D eigenvalue weighted by molar-refractivity contribution is 7.89. The maximum atomic E-state index is 12.8. The first-order valence-electron chi connectivity index (χ1n) is 11.8. The van der Waals surface area contributed by atoms with Crippen LogP contribution in [-0.4, -0.2) is 67.8 Å². The predicted octanol–water partition coefficient (Wildman–Crippen LogP) is 2.95. The number of carbonyl (C=O) groups is 2. The second kappa shape index (κ2) is 11.1. The van der Waals surface area contributed by atoms with Crippen LogP contribution in [0, 0.1) is 0 Å². The zero-order chi connectivity index (χ0) is 23.1. The highest BCUT2D eigenvalue weighted by Crippen LogP contribution is 2.20. The summed E-state index contributed by atoms with van der Waals surface area (Å²) in [6.45, 7) is 5.53. The van der Waals surface area contributed by atoms with Crippen molar-refractivity contribution in [1.82, 2.24) is 19.8 Å². The van der Waals surface area contributed by atoms with Crippen molar-refractivity contribution < 1.29 is 18.0 Å². The van der Waals surface area contributed by atoms with Crippen molar-refractivity contribution >= 4 is 22.0 Å². The predicted molar refractivity (Wildman–Crippen MR) is 124 cm³/mol. The molecular weight excluding hydrogens is 428 g/mol. The van der Waals surface area contributed by atoms with Gasteiger partial charge in [0.05, 0.1) is 4.90 Å². The lowest BCUT2D eigenvalue weighted by molar-refractivity contribution is 0.0917. The maximum absolute atomic E-state index is 12.8. The van der Waals surface area contributed by atoms with E-state index in [1.807, 2.05) is 4.90 Å². The second-order valence-electron chi connectivity index (χ2n) is 8.64. The number of piperidine rings is 1. The van der Waals surface area contributed by atoms with E-state index in [-0.39, 0.29) is 28.9 Å². The third-order valence-corrected chi connectivity index (χ3v) is 8.54. The Morgan fingerprint density at radius 2 is 1.59 bits per heavy atom. The van der Waals surface area contributed by atoms with Gasteiger partial charge in [0.25, 0.3) is 5.91 Å². The van der Waals surface area contributed by atoms with Gasteiger partial charge >= 0.3 is 6.03 Å². The molecule has 0 spiro atoms. The van der Waals surface area contributed by atoms with Gasteiger partial charge in [0.2, 0.25) is 10.0 Å². The molecule has 2 aliphatic rings. The second-order valence-corrected chi connectivity index (χ2v) is 10.6. The standard InChI is InChI=1S/C23H36N4O4S/c1-3-27(4-2)32(30,31)21-12-8-9-18(17-21)22(28)24-20-13-15-26(16-14-20)23(29)25-19-10-6-5-7-11-19/h8-9,12,17,19-20H,3-7,10-11,13-16H2,1-2H3,(H,24,28)(H,25,29). The first-order valence-corrected chi connectivity index (χ1v) is 13.3. The van der Waals surface area contributed by atoms with Crippen LogP contribution in [0.1, 0.15) is 69.2 Å². The molecule has 0 aromatic heterocycles. The lowest BCUT2D eigenvalue weighted by Gasteiger charge is -2.34. The van der Waals surface area contributed by atoms with Gasteiger partial charge < -0.3 is 15.5 Å². The van der Waals surface area contributed by atoms with Crippen LogP contribution in [-0.2, 0) is 10.0 Å². The SMILES string of the molecule is CCN(CC)S(=O)(=O)c1cccc(C(=O)NC2CCN(C(=O)NC3CCCCC3)CC2)c1. The van der Waals surface area contributed by atoms with Gasteiger partial charge in [-0.1, -0.05) is 39.2 Å². The summed E-state index contributed by atoms with van der Waals surface area (Å²) in [7, 11) is -3.62. The van der Waals surface area contributed by atoms with E-state index < -0.39 is 10.0 Å². The summed E-state index contributed by atoms with van der Waals surface area (Å²) in [5.41, 5.74) is 0.329. The molecule has 0 radical (unpaired) electrons. The van der Waals surface area contributed by atoms with Crippen molar-refractivity contribution in [2.24, 2.45) is 0 Å². The van der Waals surface area contributed by atoms with Crippen molar-refractivity contribution in [1.29, 1.82) is 0 Å². The van der Waals surface area contributed by atoms with Gasteiger partial charge in [-0.3, -0.25) is 4.79 Å². The molecule has 1 saturated heterocycles. The number of nitrogens with one attached hydrogen (secondary N) is 2. The summed E-state index contributed by atoms with van der Waals surface area (Å²) < 4.78 is 26.9. The van der Waals surface area contributed by atoms with Crippen LogP contribution < -0.4 is 10.6 Å². The molecule has 0 unspecified atom stereocenters. The monoisotopic (exact) mass is 464 g/mol. The largest absolute Gasteiger partial charge is 0.349 e. The van der Waals surface area contributed by atoms with Gasteiger partial charge in [0, 0.05) is 43.8 Å². The number of sulfonamides is 1. The van der Waals surface area contributed by atoms with Crippen LogP contribution in [0.2, 0.25) is 0 Å². The zero-order valence-corrected chi connectivity index (χ0v) is 20.0. The Morgan fingerprint density at radius 1 is 0.969 bits per heavy atom. The molecule has 1 aromatic carbocycles. The molecule has 178 valence electrons. The molecule has 3 rings (SSSR count). The zero-order valence-electron chi connectivity index (χ0n) is 19.2. The highest BCUT2D eigenvalue weighted by atomic mass is 32.2. The third-order valence-electron chi connectivity index (χ3n) is 6.49. The van der Waals surface area contributed by atoms with Crippen LogP contribution in [0.4, 0.5) is 4.79 Å². The Hall–Kier alpha value is -2.13. The fraction of sp³-hybridized carbons (Fsp3) is 0.652. The van der Waals surface area contributed by atoms with Gasteiger partial charge in [-0.25, -0.2) is 13.2 Å². The van der Waals surface area contributed by atoms with E-state index in [0.717, 1.165) is 12.8 Å².